The third-order valence-corrected chi connectivity index (χ3v) is 3.65. The van der Waals surface area contributed by atoms with E-state index in [2.05, 4.69) is 32.2 Å². The Bertz CT molecular complexity index is 425. The van der Waals surface area contributed by atoms with Gasteiger partial charge in [-0.1, -0.05) is 0 Å². The van der Waals surface area contributed by atoms with Gasteiger partial charge in [0.15, 0.2) is 0 Å². The van der Waals surface area contributed by atoms with E-state index >= 15 is 0 Å². The lowest BCUT2D eigenvalue weighted by Crippen LogP contribution is -2.29. The molecule has 0 radical (unpaired) electrons. The van der Waals surface area contributed by atoms with Crippen LogP contribution in [0.25, 0.3) is 0 Å². The summed E-state index contributed by atoms with van der Waals surface area (Å²) >= 11 is 3.53. The maximum absolute atomic E-state index is 8.80. The molecular formula is C12H14BrN3. The first-order valence-corrected chi connectivity index (χ1v) is 6.15. The van der Waals surface area contributed by atoms with E-state index in [1.807, 2.05) is 25.2 Å². The van der Waals surface area contributed by atoms with Crippen LogP contribution in [-0.2, 0) is 0 Å². The first-order chi connectivity index (χ1) is 7.74. The van der Waals surface area contributed by atoms with Crippen molar-refractivity contribution in [1.29, 1.82) is 5.26 Å². The number of benzene rings is 1. The largest absolute Gasteiger partial charge is 0.369 e. The van der Waals surface area contributed by atoms with Crippen molar-refractivity contribution >= 4 is 21.6 Å². The van der Waals surface area contributed by atoms with Crippen LogP contribution in [0, 0.1) is 11.3 Å². The number of hydrogen-bond acceptors (Lipinski definition) is 3. The number of nitrogens with zero attached hydrogens (tertiary/aromatic N) is 2. The molecule has 84 valence electrons. The number of likely N-dealkylation sites (N-methyl/N-ethyl adjacent to an activating group) is 1. The van der Waals surface area contributed by atoms with Crippen LogP contribution in [0.4, 0.5) is 5.69 Å². The monoisotopic (exact) mass is 279 g/mol. The molecule has 1 aliphatic rings. The van der Waals surface area contributed by atoms with Crippen LogP contribution in [-0.4, -0.2) is 26.2 Å². The van der Waals surface area contributed by atoms with Crippen LogP contribution in [0.3, 0.4) is 0 Å². The maximum atomic E-state index is 8.80. The third-order valence-electron chi connectivity index (χ3n) is 3.01. The van der Waals surface area contributed by atoms with E-state index in [0.29, 0.717) is 11.6 Å². The maximum Gasteiger partial charge on any atom is 0.0992 e. The molecule has 4 heteroatoms. The summed E-state index contributed by atoms with van der Waals surface area (Å²) in [6, 6.07) is 8.48. The molecule has 1 fully saturated rings. The molecule has 3 nitrogen and oxygen atoms in total. The van der Waals surface area contributed by atoms with Gasteiger partial charge in [0.2, 0.25) is 0 Å². The summed E-state index contributed by atoms with van der Waals surface area (Å²) in [5.41, 5.74) is 1.87. The zero-order valence-corrected chi connectivity index (χ0v) is 10.8. The van der Waals surface area contributed by atoms with Crippen LogP contribution >= 0.6 is 15.9 Å². The highest BCUT2D eigenvalue weighted by atomic mass is 79.9. The molecule has 1 unspecified atom stereocenters. The highest BCUT2D eigenvalue weighted by Crippen LogP contribution is 2.29. The van der Waals surface area contributed by atoms with Crippen LogP contribution in [0.5, 0.6) is 0 Å². The smallest absolute Gasteiger partial charge is 0.0992 e. The van der Waals surface area contributed by atoms with Crippen LogP contribution in [0.2, 0.25) is 0 Å². The molecule has 1 aromatic rings. The van der Waals surface area contributed by atoms with Crippen molar-refractivity contribution in [2.75, 3.05) is 25.0 Å². The van der Waals surface area contributed by atoms with E-state index in [1.54, 1.807) is 0 Å². The molecule has 16 heavy (non-hydrogen) atoms. The highest BCUT2D eigenvalue weighted by molar-refractivity contribution is 9.10. The van der Waals surface area contributed by atoms with E-state index in [9.17, 15) is 0 Å². The lowest BCUT2D eigenvalue weighted by molar-refractivity contribution is 0.617. The fourth-order valence-electron chi connectivity index (χ4n) is 2.05. The van der Waals surface area contributed by atoms with Gasteiger partial charge in [-0.05, 0) is 47.6 Å². The number of anilines is 1. The predicted molar refractivity (Wildman–Crippen MR) is 68.5 cm³/mol. The molecule has 0 bridgehead atoms. The zero-order valence-electron chi connectivity index (χ0n) is 9.20. The molecule has 0 aliphatic carbocycles. The first kappa shape index (κ1) is 11.4. The number of halogens is 1. The number of rotatable bonds is 2. The molecule has 0 amide bonds. The van der Waals surface area contributed by atoms with Gasteiger partial charge in [-0.15, -0.1) is 0 Å². The molecule has 2 rings (SSSR count). The summed E-state index contributed by atoms with van der Waals surface area (Å²) in [5, 5.41) is 12.1. The van der Waals surface area contributed by atoms with Gasteiger partial charge in [0.05, 0.1) is 17.3 Å². The molecule has 0 aromatic heterocycles. The Balaban J connectivity index is 2.19. The van der Waals surface area contributed by atoms with Crippen LogP contribution in [0.1, 0.15) is 12.0 Å². The highest BCUT2D eigenvalue weighted by Gasteiger charge is 2.22. The van der Waals surface area contributed by atoms with Crippen LogP contribution in [0.15, 0.2) is 22.7 Å². The van der Waals surface area contributed by atoms with Crippen molar-refractivity contribution < 1.29 is 0 Å². The molecule has 1 aromatic carbocycles. The summed E-state index contributed by atoms with van der Waals surface area (Å²) in [6.07, 6.45) is 1.17. The summed E-state index contributed by atoms with van der Waals surface area (Å²) < 4.78 is 1.00. The third kappa shape index (κ3) is 2.21. The molecule has 0 spiro atoms. The van der Waals surface area contributed by atoms with E-state index in [0.717, 1.165) is 17.6 Å². The standard InChI is InChI=1S/C12H14BrN3/c1-15-10-4-5-16(8-10)12-3-2-9(7-14)6-11(12)13/h2-3,6,10,15H,4-5,8H2,1H3. The number of nitriles is 1. The van der Waals surface area contributed by atoms with Gasteiger partial charge < -0.3 is 10.2 Å². The van der Waals surface area contributed by atoms with E-state index < -0.39 is 0 Å². The minimum absolute atomic E-state index is 0.572. The molecule has 0 saturated carbocycles. The SMILES string of the molecule is CNC1CCN(c2ccc(C#N)cc2Br)C1. The average molecular weight is 280 g/mol. The molecule has 1 aliphatic heterocycles. The minimum atomic E-state index is 0.572. The summed E-state index contributed by atoms with van der Waals surface area (Å²) in [4.78, 5) is 2.34. The van der Waals surface area contributed by atoms with Gasteiger partial charge in [-0.3, -0.25) is 0 Å². The second-order valence-electron chi connectivity index (χ2n) is 4.00. The topological polar surface area (TPSA) is 39.1 Å². The van der Waals surface area contributed by atoms with Crippen molar-refractivity contribution in [3.8, 4) is 6.07 Å². The van der Waals surface area contributed by atoms with E-state index in [-0.39, 0.29) is 0 Å². The Labute approximate surface area is 104 Å². The van der Waals surface area contributed by atoms with E-state index in [1.165, 1.54) is 12.1 Å². The quantitative estimate of drug-likeness (QED) is 0.902. The lowest BCUT2D eigenvalue weighted by atomic mass is 10.2. The van der Waals surface area contributed by atoms with Crippen molar-refractivity contribution in [1.82, 2.24) is 5.32 Å². The summed E-state index contributed by atoms with van der Waals surface area (Å²) in [6.45, 7) is 2.09. The molecule has 1 saturated heterocycles. The van der Waals surface area contributed by atoms with Gasteiger partial charge in [-0.2, -0.15) is 5.26 Å². The number of hydrogen-bond donors (Lipinski definition) is 1. The minimum Gasteiger partial charge on any atom is -0.369 e. The average Bonchev–Trinajstić information content (AvgIpc) is 2.77. The Kier molecular flexibility index (Phi) is 3.47. The number of nitrogens with one attached hydrogen (secondary N) is 1. The second kappa shape index (κ2) is 4.86. The van der Waals surface area contributed by atoms with Gasteiger partial charge in [0.25, 0.3) is 0 Å². The predicted octanol–water partition coefficient (Wildman–Crippen LogP) is 2.12. The summed E-state index contributed by atoms with van der Waals surface area (Å²) in [7, 11) is 2.00. The van der Waals surface area contributed by atoms with Crippen molar-refractivity contribution in [2.45, 2.75) is 12.5 Å². The lowest BCUT2D eigenvalue weighted by Gasteiger charge is -2.20. The fraction of sp³-hybridized carbons (Fsp3) is 0.417. The van der Waals surface area contributed by atoms with Crippen molar-refractivity contribution in [3.63, 3.8) is 0 Å². The van der Waals surface area contributed by atoms with Crippen molar-refractivity contribution in [2.24, 2.45) is 0 Å². The molecule has 1 heterocycles. The molecule has 1 atom stereocenters. The Morgan fingerprint density at radius 3 is 2.94 bits per heavy atom. The van der Waals surface area contributed by atoms with E-state index in [4.69, 9.17) is 5.26 Å². The Morgan fingerprint density at radius 2 is 2.38 bits per heavy atom. The van der Waals surface area contributed by atoms with Crippen LogP contribution < -0.4 is 10.2 Å². The molecule has 1 N–H and O–H groups in total. The van der Waals surface area contributed by atoms with Crippen molar-refractivity contribution in [3.05, 3.63) is 28.2 Å². The van der Waals surface area contributed by atoms with Gasteiger partial charge >= 0.3 is 0 Å². The fourth-order valence-corrected chi connectivity index (χ4v) is 2.68. The van der Waals surface area contributed by atoms with Gasteiger partial charge in [0, 0.05) is 23.6 Å². The normalized spacial score (nSPS) is 19.8. The van der Waals surface area contributed by atoms with Gasteiger partial charge in [-0.25, -0.2) is 0 Å². The Hall–Kier alpha value is -1.05. The zero-order chi connectivity index (χ0) is 11.5. The Morgan fingerprint density at radius 1 is 1.56 bits per heavy atom. The van der Waals surface area contributed by atoms with Gasteiger partial charge in [0.1, 0.15) is 0 Å². The first-order valence-electron chi connectivity index (χ1n) is 5.36. The second-order valence-corrected chi connectivity index (χ2v) is 4.85. The molecular weight excluding hydrogens is 266 g/mol. The summed E-state index contributed by atoms with van der Waals surface area (Å²) in [5.74, 6) is 0.